The summed E-state index contributed by atoms with van der Waals surface area (Å²) in [6, 6.07) is 5.05. The van der Waals surface area contributed by atoms with Gasteiger partial charge in [0.25, 0.3) is 23.6 Å². The first-order valence-electron chi connectivity index (χ1n) is 17.7. The number of hydrogen-bond acceptors (Lipinski definition) is 4. The first-order valence-corrected chi connectivity index (χ1v) is 17.7. The number of hydrogen-bond donors (Lipinski definition) is 0. The van der Waals surface area contributed by atoms with E-state index in [0.29, 0.717) is 59.0 Å². The zero-order chi connectivity index (χ0) is 44.0. The Morgan fingerprint density at radius 1 is 0.492 bits per heavy atom. The van der Waals surface area contributed by atoms with Crippen molar-refractivity contribution in [3.8, 4) is 0 Å². The molecule has 0 N–H and O–H groups in total. The second kappa shape index (κ2) is 14.0. The van der Waals surface area contributed by atoms with Crippen LogP contribution in [-0.4, -0.2) is 64.2 Å². The van der Waals surface area contributed by atoms with Crippen LogP contribution in [0.4, 0.5) is 52.7 Å². The zero-order valence-corrected chi connectivity index (χ0v) is 31.0. The van der Waals surface area contributed by atoms with Crippen molar-refractivity contribution in [1.82, 2.24) is 9.80 Å². The van der Waals surface area contributed by atoms with Crippen LogP contribution in [0.1, 0.15) is 104 Å². The number of nitrogens with zero attached hydrogens (tertiary/aromatic N) is 2. The standard InChI is InChI=1S/C41H30F12N2O4/c1-20(2)22-8-10-24(11-9-22)36(38(42,43)44,39(45,46)47)23-6-5-7-27(15-12-23)55-33(57)29-17-14-26(19-31(29)35(55)59)37(40(48,49)50,41(51,52)53)25-13-16-28-30(18-25)34(58)54(21(3)4)32(28)56/h6-21H,5H2,1-4H3. The molecule has 0 unspecified atom stereocenters. The highest BCUT2D eigenvalue weighted by Gasteiger charge is 2.74. The molecule has 4 amide bonds. The van der Waals surface area contributed by atoms with Crippen molar-refractivity contribution in [3.63, 3.8) is 0 Å². The third kappa shape index (κ3) is 6.27. The Kier molecular flexibility index (Phi) is 10.2. The SMILES string of the molecule is CC(C)c1ccc(C(C2=CCC=C(N3C(=O)c4ccc(C(c5ccc6c(c5)C(=O)N(C(C)C)C6=O)(C(F)(F)F)C(F)(F)F)cc4C3=O)C=C2)(C(F)(F)F)C(F)(F)F)cc1. The summed E-state index contributed by atoms with van der Waals surface area (Å²) < 4.78 is 180. The van der Waals surface area contributed by atoms with Gasteiger partial charge in [0, 0.05) is 11.7 Å². The van der Waals surface area contributed by atoms with Crippen LogP contribution in [0.25, 0.3) is 0 Å². The fraction of sp³-hybridized carbons (Fsp3) is 0.317. The number of imide groups is 2. The van der Waals surface area contributed by atoms with Gasteiger partial charge >= 0.3 is 24.7 Å². The van der Waals surface area contributed by atoms with E-state index in [1.54, 1.807) is 13.8 Å². The minimum atomic E-state index is -6.25. The predicted octanol–water partition coefficient (Wildman–Crippen LogP) is 10.7. The molecule has 0 bridgehead atoms. The van der Waals surface area contributed by atoms with E-state index in [4.69, 9.17) is 0 Å². The molecule has 312 valence electrons. The summed E-state index contributed by atoms with van der Waals surface area (Å²) in [5, 5.41) is 0. The van der Waals surface area contributed by atoms with Gasteiger partial charge in [0.1, 0.15) is 0 Å². The Labute approximate surface area is 327 Å². The number of carbonyl (C=O) groups excluding carboxylic acids is 4. The maximum atomic E-state index is 15.2. The van der Waals surface area contributed by atoms with Gasteiger partial charge in [0.05, 0.1) is 22.3 Å². The summed E-state index contributed by atoms with van der Waals surface area (Å²) in [6.45, 7) is 6.13. The van der Waals surface area contributed by atoms with Crippen LogP contribution in [0.5, 0.6) is 0 Å². The lowest BCUT2D eigenvalue weighted by Gasteiger charge is -2.39. The van der Waals surface area contributed by atoms with Gasteiger partial charge in [-0.1, -0.05) is 68.5 Å². The van der Waals surface area contributed by atoms with E-state index in [-0.39, 0.29) is 29.0 Å². The van der Waals surface area contributed by atoms with E-state index < -0.39 is 122 Å². The molecule has 0 saturated heterocycles. The molecular weight excluding hydrogens is 812 g/mol. The molecule has 0 spiro atoms. The fourth-order valence-corrected chi connectivity index (χ4v) is 7.81. The molecule has 3 aromatic rings. The first kappa shape index (κ1) is 42.9. The Balaban J connectivity index is 1.43. The van der Waals surface area contributed by atoms with E-state index in [1.165, 1.54) is 13.8 Å². The van der Waals surface area contributed by atoms with Crippen LogP contribution in [0.15, 0.2) is 96.2 Å². The molecule has 0 aromatic heterocycles. The highest BCUT2D eigenvalue weighted by molar-refractivity contribution is 6.23. The lowest BCUT2D eigenvalue weighted by Crippen LogP contribution is -2.55. The number of allylic oxidation sites excluding steroid dienone is 5. The van der Waals surface area contributed by atoms with Gasteiger partial charge in [-0.25, -0.2) is 4.90 Å². The Hall–Kier alpha value is -5.68. The van der Waals surface area contributed by atoms with Crippen molar-refractivity contribution in [2.75, 3.05) is 0 Å². The molecule has 6 nitrogen and oxygen atoms in total. The normalized spacial score (nSPS) is 16.9. The van der Waals surface area contributed by atoms with Crippen molar-refractivity contribution in [1.29, 1.82) is 0 Å². The summed E-state index contributed by atoms with van der Waals surface area (Å²) in [5.74, 6) is -5.24. The average Bonchev–Trinajstić information content (AvgIpc) is 3.35. The molecule has 59 heavy (non-hydrogen) atoms. The van der Waals surface area contributed by atoms with Crippen molar-refractivity contribution < 1.29 is 71.9 Å². The first-order chi connectivity index (χ1) is 27.1. The number of benzene rings is 3. The lowest BCUT2D eigenvalue weighted by molar-refractivity contribution is -0.290. The zero-order valence-electron chi connectivity index (χ0n) is 31.0. The van der Waals surface area contributed by atoms with E-state index in [9.17, 15) is 45.5 Å². The highest BCUT2D eigenvalue weighted by atomic mass is 19.4. The van der Waals surface area contributed by atoms with Gasteiger partial charge in [0.15, 0.2) is 0 Å². The van der Waals surface area contributed by atoms with Crippen molar-refractivity contribution in [3.05, 3.63) is 141 Å². The van der Waals surface area contributed by atoms with Crippen LogP contribution < -0.4 is 0 Å². The molecule has 2 aliphatic heterocycles. The van der Waals surface area contributed by atoms with Crippen LogP contribution in [-0.2, 0) is 10.8 Å². The van der Waals surface area contributed by atoms with Crippen LogP contribution in [0, 0.1) is 0 Å². The summed E-state index contributed by atoms with van der Waals surface area (Å²) in [4.78, 5) is 54.0. The van der Waals surface area contributed by atoms with Crippen LogP contribution >= 0.6 is 0 Å². The third-order valence-corrected chi connectivity index (χ3v) is 10.7. The van der Waals surface area contributed by atoms with E-state index in [0.717, 1.165) is 18.2 Å². The predicted molar refractivity (Wildman–Crippen MR) is 186 cm³/mol. The molecule has 3 aromatic carbocycles. The van der Waals surface area contributed by atoms with Gasteiger partial charge in [-0.3, -0.25) is 24.1 Å². The lowest BCUT2D eigenvalue weighted by atomic mass is 9.71. The maximum Gasteiger partial charge on any atom is 0.411 e. The maximum absolute atomic E-state index is 15.2. The summed E-state index contributed by atoms with van der Waals surface area (Å²) >= 11 is 0. The molecule has 0 saturated carbocycles. The van der Waals surface area contributed by atoms with Gasteiger partial charge in [0.2, 0.25) is 10.8 Å². The number of alkyl halides is 12. The minimum Gasteiger partial charge on any atom is -0.272 e. The van der Waals surface area contributed by atoms with Gasteiger partial charge in [-0.15, -0.1) is 0 Å². The Bertz CT molecular complexity index is 2330. The van der Waals surface area contributed by atoms with Gasteiger partial charge in [-0.2, -0.15) is 52.7 Å². The number of amides is 4. The molecular formula is C41H30F12N2O4. The van der Waals surface area contributed by atoms with Crippen molar-refractivity contribution in [2.45, 2.75) is 81.6 Å². The summed E-state index contributed by atoms with van der Waals surface area (Å²) in [6.07, 6.45) is -22.8. The van der Waals surface area contributed by atoms with Crippen molar-refractivity contribution in [2.24, 2.45) is 0 Å². The molecule has 18 heteroatoms. The monoisotopic (exact) mass is 842 g/mol. The summed E-state index contributed by atoms with van der Waals surface area (Å²) in [5.41, 5.74) is -18.4. The molecule has 3 aliphatic rings. The highest BCUT2D eigenvalue weighted by Crippen LogP contribution is 2.59. The topological polar surface area (TPSA) is 74.8 Å². The number of fused-ring (bicyclic) bond motifs is 2. The Morgan fingerprint density at radius 3 is 1.37 bits per heavy atom. The largest absolute Gasteiger partial charge is 0.411 e. The quantitative estimate of drug-likeness (QED) is 0.175. The van der Waals surface area contributed by atoms with Gasteiger partial charge < -0.3 is 0 Å². The molecule has 0 radical (unpaired) electrons. The smallest absolute Gasteiger partial charge is 0.272 e. The molecule has 1 aliphatic carbocycles. The van der Waals surface area contributed by atoms with Crippen molar-refractivity contribution >= 4 is 23.6 Å². The third-order valence-electron chi connectivity index (χ3n) is 10.7. The van der Waals surface area contributed by atoms with E-state index >= 15 is 26.3 Å². The minimum absolute atomic E-state index is 0.168. The fourth-order valence-electron chi connectivity index (χ4n) is 7.81. The van der Waals surface area contributed by atoms with Gasteiger partial charge in [-0.05, 0) is 84.4 Å². The van der Waals surface area contributed by atoms with E-state index in [2.05, 4.69) is 0 Å². The number of rotatable bonds is 7. The average molecular weight is 843 g/mol. The van der Waals surface area contributed by atoms with Crippen LogP contribution in [0.3, 0.4) is 0 Å². The molecule has 2 heterocycles. The molecule has 0 fully saturated rings. The second-order valence-electron chi connectivity index (χ2n) is 14.7. The van der Waals surface area contributed by atoms with E-state index in [1.807, 2.05) is 0 Å². The Morgan fingerprint density at radius 2 is 0.915 bits per heavy atom. The molecule has 6 rings (SSSR count). The van der Waals surface area contributed by atoms with Crippen LogP contribution in [0.2, 0.25) is 0 Å². The number of carbonyl (C=O) groups is 4. The summed E-state index contributed by atoms with van der Waals surface area (Å²) in [7, 11) is 0. The molecule has 0 atom stereocenters. The number of halogens is 12. The second-order valence-corrected chi connectivity index (χ2v) is 14.7.